The molecule has 0 heterocycles. The van der Waals surface area contributed by atoms with E-state index in [1.807, 2.05) is 0 Å². The largest absolute Gasteiger partial charge is 0.388 e. The summed E-state index contributed by atoms with van der Waals surface area (Å²) in [5.41, 5.74) is 0. The first-order chi connectivity index (χ1) is 5.95. The molecule has 0 unspecified atom stereocenters. The van der Waals surface area contributed by atoms with Crippen molar-refractivity contribution >= 4 is 43.0 Å². The molecular weight excluding hydrogens is 274 g/mol. The third-order valence-corrected chi connectivity index (χ3v) is 1.02. The molecule has 0 radical (unpaired) electrons. The molecule has 0 aliphatic rings. The fraction of sp³-hybridized carbons (Fsp3) is 0. The van der Waals surface area contributed by atoms with Gasteiger partial charge in [0, 0.05) is 17.9 Å². The Bertz CT molecular complexity index is 281. The van der Waals surface area contributed by atoms with E-state index in [0.29, 0.717) is 0 Å². The van der Waals surface area contributed by atoms with Gasteiger partial charge in [-0.25, -0.2) is 4.79 Å². The summed E-state index contributed by atoms with van der Waals surface area (Å²) in [6, 6.07) is 0. The van der Waals surface area contributed by atoms with Gasteiger partial charge in [0.15, 0.2) is 0 Å². The summed E-state index contributed by atoms with van der Waals surface area (Å²) in [4.78, 5) is 49.4. The van der Waals surface area contributed by atoms with Gasteiger partial charge in [-0.15, -0.1) is 0 Å². The molecule has 14 heavy (non-hydrogen) atoms. The van der Waals surface area contributed by atoms with Crippen LogP contribution in [0, 0.1) is 0 Å². The quantitative estimate of drug-likeness (QED) is 0.324. The molecule has 0 aromatic rings. The van der Waals surface area contributed by atoms with Crippen LogP contribution in [0.2, 0.25) is 0 Å². The van der Waals surface area contributed by atoms with Gasteiger partial charge in [-0.3, -0.25) is 0 Å². The van der Waals surface area contributed by atoms with E-state index in [0.717, 1.165) is 6.08 Å². The lowest BCUT2D eigenvalue weighted by atomic mass is 10.7. The van der Waals surface area contributed by atoms with Crippen LogP contribution in [0.1, 0.15) is 0 Å². The van der Waals surface area contributed by atoms with E-state index in [4.69, 9.17) is 24.5 Å². The minimum atomic E-state index is -3.83. The monoisotopic (exact) mass is 282 g/mol. The molecule has 0 aromatic heterocycles. The first-order valence-corrected chi connectivity index (χ1v) is 7.94. The minimum Gasteiger partial charge on any atom is -0.388 e. The lowest BCUT2D eigenvalue weighted by molar-refractivity contribution is -0.129. The van der Waals surface area contributed by atoms with Gasteiger partial charge in [0.05, 0.1) is 0 Å². The van der Waals surface area contributed by atoms with Crippen molar-refractivity contribution in [1.82, 2.24) is 0 Å². The van der Waals surface area contributed by atoms with Crippen molar-refractivity contribution in [2.45, 2.75) is 0 Å². The molecule has 11 heteroatoms. The Hall–Kier alpha value is 0.310. The molecule has 0 atom stereocenters. The van der Waals surface area contributed by atoms with Gasteiger partial charge in [0.1, 0.15) is 0 Å². The summed E-state index contributed by atoms with van der Waals surface area (Å²) < 4.78 is 3.87. The van der Waals surface area contributed by atoms with Crippen molar-refractivity contribution in [3.63, 3.8) is 0 Å². The Balaban J connectivity index is 0. The highest BCUT2D eigenvalue weighted by Gasteiger charge is 2.11. The molecule has 5 N–H and O–H groups in total. The van der Waals surface area contributed by atoms with E-state index in [2.05, 4.69) is 34.7 Å². The maximum absolute atomic E-state index is 10.1. The van der Waals surface area contributed by atoms with E-state index in [1.165, 1.54) is 0 Å². The van der Waals surface area contributed by atoms with Crippen molar-refractivity contribution in [3.8, 4) is 0 Å². The molecule has 0 amide bonds. The van der Waals surface area contributed by atoms with Crippen LogP contribution < -0.4 is 0 Å². The molecule has 0 spiro atoms. The Labute approximate surface area is 89.8 Å². The van der Waals surface area contributed by atoms with Crippen molar-refractivity contribution in [2.75, 3.05) is 0 Å². The van der Waals surface area contributed by atoms with Crippen molar-refractivity contribution < 1.29 is 33.8 Å². The molecule has 7 nitrogen and oxygen atoms in total. The first-order valence-electron chi connectivity index (χ1n) is 2.65. The van der Waals surface area contributed by atoms with Gasteiger partial charge in [0.25, 0.3) is 0 Å². The fourth-order valence-corrected chi connectivity index (χ4v) is 0.684. The van der Waals surface area contributed by atoms with Crippen LogP contribution in [0.25, 0.3) is 0 Å². The molecule has 0 rings (SSSR count). The normalized spacial score (nSPS) is 10.9. The SMILES string of the molecule is C=CC(=O)OP(O)(O)=S.OP(O)(O)=S. The second-order valence-electron chi connectivity index (χ2n) is 1.62. The molecule has 0 saturated carbocycles. The maximum atomic E-state index is 10.1. The van der Waals surface area contributed by atoms with Gasteiger partial charge in [-0.05, 0) is 11.8 Å². The summed E-state index contributed by atoms with van der Waals surface area (Å²) in [5.74, 6) is -0.927. The Morgan fingerprint density at radius 1 is 1.21 bits per heavy atom. The van der Waals surface area contributed by atoms with Gasteiger partial charge in [0.2, 0.25) is 0 Å². The molecular formula is C3H8O7P2S2. The van der Waals surface area contributed by atoms with E-state index in [9.17, 15) is 4.79 Å². The first kappa shape index (κ1) is 16.7. The standard InChI is InChI=1S/C3H5O4PS.H3O3PS/c1-2-3(4)7-8(5,6)9;1-4(2,3)5/h2H,1H2,(H2,5,6,9);(H3,1,2,3,5). The lowest BCUT2D eigenvalue weighted by Crippen LogP contribution is -1.95. The van der Waals surface area contributed by atoms with Crippen LogP contribution in [-0.4, -0.2) is 30.4 Å². The second-order valence-corrected chi connectivity index (χ2v) is 6.71. The Morgan fingerprint density at radius 3 is 1.57 bits per heavy atom. The van der Waals surface area contributed by atoms with Gasteiger partial charge in [-0.2, -0.15) is 0 Å². The Morgan fingerprint density at radius 2 is 1.50 bits per heavy atom. The molecule has 0 bridgehead atoms. The van der Waals surface area contributed by atoms with E-state index < -0.39 is 19.4 Å². The fourth-order valence-electron chi connectivity index (χ4n) is 0.154. The van der Waals surface area contributed by atoms with Crippen LogP contribution >= 0.6 is 13.4 Å². The minimum absolute atomic E-state index is 0.799. The third kappa shape index (κ3) is 29.5. The van der Waals surface area contributed by atoms with Crippen LogP contribution in [0.5, 0.6) is 0 Å². The zero-order valence-electron chi connectivity index (χ0n) is 6.55. The average Bonchev–Trinajstić information content (AvgIpc) is 1.79. The van der Waals surface area contributed by atoms with Crippen LogP contribution in [0.4, 0.5) is 0 Å². The highest BCUT2D eigenvalue weighted by molar-refractivity contribution is 8.07. The zero-order chi connectivity index (χ0) is 12.0. The summed E-state index contributed by atoms with van der Waals surface area (Å²) in [6.07, 6.45) is 0.799. The topological polar surface area (TPSA) is 127 Å². The zero-order valence-corrected chi connectivity index (χ0v) is 9.97. The lowest BCUT2D eigenvalue weighted by Gasteiger charge is -2.03. The Kier molecular flexibility index (Phi) is 8.04. The molecule has 0 aliphatic heterocycles. The summed E-state index contributed by atoms with van der Waals surface area (Å²) >= 11 is 7.56. The van der Waals surface area contributed by atoms with E-state index in [-0.39, 0.29) is 0 Å². The van der Waals surface area contributed by atoms with Crippen LogP contribution in [0.3, 0.4) is 0 Å². The number of hydrogen-bond acceptors (Lipinski definition) is 4. The van der Waals surface area contributed by atoms with E-state index in [1.54, 1.807) is 0 Å². The summed E-state index contributed by atoms with van der Waals surface area (Å²) in [5, 5.41) is 0. The predicted molar refractivity (Wildman–Crippen MR) is 56.0 cm³/mol. The van der Waals surface area contributed by atoms with E-state index >= 15 is 0 Å². The summed E-state index contributed by atoms with van der Waals surface area (Å²) in [7, 11) is 0. The third-order valence-electron chi connectivity index (χ3n) is 0.376. The van der Waals surface area contributed by atoms with Crippen LogP contribution in [0.15, 0.2) is 12.7 Å². The van der Waals surface area contributed by atoms with Crippen molar-refractivity contribution in [2.24, 2.45) is 0 Å². The number of hydrogen-bond donors (Lipinski definition) is 5. The molecule has 0 fully saturated rings. The maximum Gasteiger partial charge on any atom is 0.377 e. The number of carbonyl (C=O) groups excluding carboxylic acids is 1. The number of carbonyl (C=O) groups is 1. The highest BCUT2D eigenvalue weighted by atomic mass is 32.5. The summed E-state index contributed by atoms with van der Waals surface area (Å²) in [6.45, 7) is -4.61. The van der Waals surface area contributed by atoms with Crippen molar-refractivity contribution in [3.05, 3.63) is 12.7 Å². The van der Waals surface area contributed by atoms with Gasteiger partial charge < -0.3 is 29.0 Å². The molecule has 0 aliphatic carbocycles. The van der Waals surface area contributed by atoms with Crippen LogP contribution in [-0.2, 0) is 32.9 Å². The smallest absolute Gasteiger partial charge is 0.377 e. The molecule has 0 aromatic carbocycles. The van der Waals surface area contributed by atoms with Crippen molar-refractivity contribution in [1.29, 1.82) is 0 Å². The molecule has 0 saturated heterocycles. The predicted octanol–water partition coefficient (Wildman–Crippen LogP) is -0.888. The van der Waals surface area contributed by atoms with Gasteiger partial charge >= 0.3 is 19.4 Å². The van der Waals surface area contributed by atoms with Gasteiger partial charge in [-0.1, -0.05) is 6.58 Å². The average molecular weight is 282 g/mol. The second kappa shape index (κ2) is 6.73. The number of rotatable bonds is 2. The molecule has 84 valence electrons. The highest BCUT2D eigenvalue weighted by Crippen LogP contribution is 2.36.